The van der Waals surface area contributed by atoms with E-state index >= 15 is 0 Å². The van der Waals surface area contributed by atoms with Crippen LogP contribution in [0.4, 0.5) is 17.1 Å². The fourth-order valence-corrected chi connectivity index (χ4v) is 6.04. The quantitative estimate of drug-likeness (QED) is 0.163. The Morgan fingerprint density at radius 1 is 0.658 bits per heavy atom. The van der Waals surface area contributed by atoms with Crippen LogP contribution in [0.15, 0.2) is 78.2 Å². The van der Waals surface area contributed by atoms with Crippen molar-refractivity contribution < 1.29 is 36.2 Å². The number of thiazole rings is 2. The molecule has 0 saturated heterocycles. The fraction of sp³-hybridized carbons (Fsp3) is 0. The number of rotatable bonds is 6. The van der Waals surface area contributed by atoms with Crippen LogP contribution in [-0.4, -0.2) is 14.8 Å². The lowest BCUT2D eigenvalue weighted by molar-refractivity contribution is -0.506. The predicted octanol–water partition coefficient (Wildman–Crippen LogP) is 1.60. The summed E-state index contributed by atoms with van der Waals surface area (Å²) in [5, 5.41) is 35.9. The highest BCUT2D eigenvalue weighted by molar-refractivity contribution is 7.34. The van der Waals surface area contributed by atoms with Gasteiger partial charge in [0.25, 0.3) is 17.1 Å². The van der Waals surface area contributed by atoms with E-state index in [4.69, 9.17) is 0 Å². The molecule has 38 heavy (non-hydrogen) atoms. The van der Waals surface area contributed by atoms with E-state index in [-0.39, 0.29) is 34.0 Å². The largest absolute Gasteiger partial charge is 1.00 e. The molecular formula is C25H15BrN4O6S2. The molecular weight excluding hydrogens is 596 g/mol. The Balaban J connectivity index is 0.00000336. The molecule has 0 aliphatic carbocycles. The van der Waals surface area contributed by atoms with Gasteiger partial charge in [0.2, 0.25) is 11.0 Å². The lowest BCUT2D eigenvalue weighted by Crippen LogP contribution is -3.00. The molecule has 5 aromatic rings. The fourth-order valence-electron chi connectivity index (χ4n) is 3.75. The van der Waals surface area contributed by atoms with Crippen molar-refractivity contribution in [1.82, 2.24) is 0 Å². The summed E-state index contributed by atoms with van der Waals surface area (Å²) in [5.74, 6) is 0. The molecule has 0 atom stereocenters. The van der Waals surface area contributed by atoms with E-state index in [1.807, 2.05) is 21.9 Å². The van der Waals surface area contributed by atoms with Crippen LogP contribution in [0, 0.1) is 30.3 Å². The predicted molar refractivity (Wildman–Crippen MR) is 140 cm³/mol. The second kappa shape index (κ2) is 11.0. The summed E-state index contributed by atoms with van der Waals surface area (Å²) in [7, 11) is 0. The summed E-state index contributed by atoms with van der Waals surface area (Å²) in [6.45, 7) is 0. The number of benzene rings is 3. The zero-order valence-electron chi connectivity index (χ0n) is 19.1. The van der Waals surface area contributed by atoms with Gasteiger partial charge < -0.3 is 17.0 Å². The van der Waals surface area contributed by atoms with Gasteiger partial charge in [-0.25, -0.2) is 0 Å². The van der Waals surface area contributed by atoms with Crippen molar-refractivity contribution in [2.24, 2.45) is 0 Å². The van der Waals surface area contributed by atoms with Gasteiger partial charge in [-0.2, -0.15) is 0 Å². The highest BCUT2D eigenvalue weighted by Gasteiger charge is 2.22. The topological polar surface area (TPSA) is 134 Å². The zero-order valence-corrected chi connectivity index (χ0v) is 22.3. The van der Waals surface area contributed by atoms with Gasteiger partial charge in [0, 0.05) is 48.0 Å². The highest BCUT2D eigenvalue weighted by atomic mass is 79.9. The van der Waals surface area contributed by atoms with Crippen LogP contribution >= 0.6 is 22.7 Å². The maximum absolute atomic E-state index is 11.1. The van der Waals surface area contributed by atoms with E-state index in [0.29, 0.717) is 0 Å². The third-order valence-corrected chi connectivity index (χ3v) is 7.74. The van der Waals surface area contributed by atoms with Crippen LogP contribution in [0.3, 0.4) is 0 Å². The Kier molecular flexibility index (Phi) is 7.71. The molecule has 3 aromatic carbocycles. The first-order chi connectivity index (χ1) is 17.8. The number of hydrogen-bond donors (Lipinski definition) is 0. The van der Waals surface area contributed by atoms with Crippen LogP contribution < -0.4 is 31.3 Å². The van der Waals surface area contributed by atoms with Crippen molar-refractivity contribution in [3.05, 3.63) is 130 Å². The van der Waals surface area contributed by atoms with Crippen molar-refractivity contribution in [2.75, 3.05) is 0 Å². The van der Waals surface area contributed by atoms with Gasteiger partial charge in [-0.1, -0.05) is 22.7 Å². The minimum absolute atomic E-state index is 0. The summed E-state index contributed by atoms with van der Waals surface area (Å²) in [6, 6.07) is 18.7. The van der Waals surface area contributed by atoms with Gasteiger partial charge in [0.15, 0.2) is 0 Å². The lowest BCUT2D eigenvalue weighted by Gasteiger charge is -1.95. The summed E-state index contributed by atoms with van der Waals surface area (Å²) in [5.41, 5.74) is 3.13. The molecule has 0 amide bonds. The van der Waals surface area contributed by atoms with Gasteiger partial charge in [-0.05, 0) is 53.6 Å². The van der Waals surface area contributed by atoms with Crippen molar-refractivity contribution in [1.29, 1.82) is 0 Å². The molecule has 0 spiro atoms. The van der Waals surface area contributed by atoms with E-state index in [0.717, 1.165) is 36.4 Å². The van der Waals surface area contributed by atoms with E-state index in [1.165, 1.54) is 59.1 Å². The van der Waals surface area contributed by atoms with E-state index in [1.54, 1.807) is 36.4 Å². The third kappa shape index (κ3) is 5.34. The molecule has 0 bridgehead atoms. The molecule has 0 N–H and O–H groups in total. The molecule has 5 rings (SSSR count). The van der Waals surface area contributed by atoms with Crippen LogP contribution in [0.1, 0.15) is 11.1 Å². The Labute approximate surface area is 232 Å². The number of nitro groups is 3. The second-order valence-corrected chi connectivity index (χ2v) is 10.0. The number of nitrogens with zero attached hydrogens (tertiary/aromatic N) is 4. The number of hydrogen-bond acceptors (Lipinski definition) is 8. The maximum atomic E-state index is 11.1. The first-order valence-corrected chi connectivity index (χ1v) is 12.4. The highest BCUT2D eigenvalue weighted by Crippen LogP contribution is 2.24. The van der Waals surface area contributed by atoms with Gasteiger partial charge >= 0.3 is 4.14 Å². The molecule has 0 fully saturated rings. The number of halogens is 1. The lowest BCUT2D eigenvalue weighted by atomic mass is 10.1. The number of fused-ring (bicyclic) bond motifs is 1. The minimum atomic E-state index is -0.458. The standard InChI is InChI=1S/C25H15N4O6S2.BrH/c30-27(31)19-7-1-16(2-8-19)13-22-24(14-17-3-9-20(10-4-17)28(32)33)37-25-26(22)23(15-36-25)18-5-11-21(12-6-18)29(34)35;/h1-15H;1H/q+1;/p-1/b22-13+,24-14-;. The van der Waals surface area contributed by atoms with Gasteiger partial charge in [-0.15, -0.1) is 4.40 Å². The average Bonchev–Trinajstić information content (AvgIpc) is 3.44. The van der Waals surface area contributed by atoms with Crippen LogP contribution in [-0.2, 0) is 0 Å². The van der Waals surface area contributed by atoms with Crippen molar-refractivity contribution in [3.8, 4) is 11.3 Å². The molecule has 2 aromatic heterocycles. The Hall–Kier alpha value is -4.33. The summed E-state index contributed by atoms with van der Waals surface area (Å²) >= 11 is 3.04. The molecule has 13 heteroatoms. The monoisotopic (exact) mass is 610 g/mol. The number of aromatic nitrogens is 1. The van der Waals surface area contributed by atoms with E-state index in [2.05, 4.69) is 0 Å². The summed E-state index contributed by atoms with van der Waals surface area (Å²) in [4.78, 5) is 31.8. The average molecular weight is 611 g/mol. The van der Waals surface area contributed by atoms with E-state index < -0.39 is 14.8 Å². The maximum Gasteiger partial charge on any atom is 0.326 e. The SMILES string of the molecule is O=[N+]([O-])c1ccc(/C=c2\sc3scc(-c4ccc([N+](=O)[O-])cc4)[n+]3\c2=C\c2ccc([N+](=O)[O-])cc2)cc1.[Br-]. The third-order valence-electron chi connectivity index (χ3n) is 5.57. The Bertz CT molecular complexity index is 1800. The summed E-state index contributed by atoms with van der Waals surface area (Å²) in [6.07, 6.45) is 3.83. The number of nitro benzene ring substituents is 3. The van der Waals surface area contributed by atoms with Crippen molar-refractivity contribution in [2.45, 2.75) is 0 Å². The smallest absolute Gasteiger partial charge is 0.326 e. The Morgan fingerprint density at radius 3 is 1.58 bits per heavy atom. The second-order valence-electron chi connectivity index (χ2n) is 7.86. The van der Waals surface area contributed by atoms with Crippen molar-refractivity contribution >= 4 is 56.0 Å². The molecule has 0 unspecified atom stereocenters. The molecule has 0 aliphatic rings. The Morgan fingerprint density at radius 2 is 1.11 bits per heavy atom. The molecule has 10 nitrogen and oxygen atoms in total. The van der Waals surface area contributed by atoms with Gasteiger partial charge in [0.05, 0.1) is 20.1 Å². The molecule has 0 radical (unpaired) electrons. The van der Waals surface area contributed by atoms with Crippen molar-refractivity contribution in [3.63, 3.8) is 0 Å². The van der Waals surface area contributed by atoms with Crippen LogP contribution in [0.5, 0.6) is 0 Å². The normalized spacial score (nSPS) is 11.9. The number of non-ortho nitro benzene ring substituents is 3. The van der Waals surface area contributed by atoms with E-state index in [9.17, 15) is 30.3 Å². The molecule has 0 aliphatic heterocycles. The first kappa shape index (κ1) is 26.7. The van der Waals surface area contributed by atoms with Crippen LogP contribution in [0.2, 0.25) is 0 Å². The molecule has 2 heterocycles. The van der Waals surface area contributed by atoms with Gasteiger partial charge in [-0.3, -0.25) is 30.3 Å². The molecule has 0 saturated carbocycles. The van der Waals surface area contributed by atoms with Crippen LogP contribution in [0.25, 0.3) is 27.6 Å². The zero-order chi connectivity index (χ0) is 26.1. The minimum Gasteiger partial charge on any atom is -1.00 e. The molecule has 190 valence electrons. The summed E-state index contributed by atoms with van der Waals surface area (Å²) < 4.78 is 3.87. The first-order valence-electron chi connectivity index (χ1n) is 10.7. The van der Waals surface area contributed by atoms with Gasteiger partial charge in [0.1, 0.15) is 4.53 Å².